The summed E-state index contributed by atoms with van der Waals surface area (Å²) in [4.78, 5) is 5.48. The SMILES string of the molecule is Cc1cnc([C@H](C)CNS(=O)(=O)c2ccccc2Cl)s1. The highest BCUT2D eigenvalue weighted by atomic mass is 35.5. The average molecular weight is 331 g/mol. The molecule has 20 heavy (non-hydrogen) atoms. The van der Waals surface area contributed by atoms with Crippen LogP contribution in [0.15, 0.2) is 35.4 Å². The Morgan fingerprint density at radius 3 is 2.70 bits per heavy atom. The van der Waals surface area contributed by atoms with Crippen LogP contribution in [0, 0.1) is 6.92 Å². The second kappa shape index (κ2) is 6.22. The summed E-state index contributed by atoms with van der Waals surface area (Å²) in [5.41, 5.74) is 0. The molecule has 4 nitrogen and oxygen atoms in total. The van der Waals surface area contributed by atoms with Crippen molar-refractivity contribution < 1.29 is 8.42 Å². The van der Waals surface area contributed by atoms with E-state index in [1.807, 2.05) is 13.8 Å². The molecule has 108 valence electrons. The van der Waals surface area contributed by atoms with E-state index in [1.54, 1.807) is 35.7 Å². The van der Waals surface area contributed by atoms with Crippen molar-refractivity contribution in [2.75, 3.05) is 6.54 Å². The lowest BCUT2D eigenvalue weighted by Crippen LogP contribution is -2.27. The molecule has 0 fully saturated rings. The Kier molecular flexibility index (Phi) is 4.80. The zero-order chi connectivity index (χ0) is 14.8. The maximum Gasteiger partial charge on any atom is 0.242 e. The predicted octanol–water partition coefficient (Wildman–Crippen LogP) is 3.19. The number of thiazole rings is 1. The molecule has 0 saturated carbocycles. The quantitative estimate of drug-likeness (QED) is 0.916. The smallest absolute Gasteiger partial charge is 0.242 e. The first-order chi connectivity index (χ1) is 9.40. The number of nitrogens with zero attached hydrogens (tertiary/aromatic N) is 1. The van der Waals surface area contributed by atoms with Crippen molar-refractivity contribution >= 4 is 33.0 Å². The molecule has 0 amide bonds. The molecule has 0 radical (unpaired) electrons. The fraction of sp³-hybridized carbons (Fsp3) is 0.308. The fourth-order valence-electron chi connectivity index (χ4n) is 1.66. The molecular weight excluding hydrogens is 316 g/mol. The number of benzene rings is 1. The van der Waals surface area contributed by atoms with E-state index in [9.17, 15) is 8.42 Å². The molecule has 1 aromatic carbocycles. The van der Waals surface area contributed by atoms with Crippen molar-refractivity contribution in [3.63, 3.8) is 0 Å². The van der Waals surface area contributed by atoms with Crippen LogP contribution < -0.4 is 4.72 Å². The van der Waals surface area contributed by atoms with Crippen LogP contribution in [-0.2, 0) is 10.0 Å². The van der Waals surface area contributed by atoms with Gasteiger partial charge in [0.15, 0.2) is 0 Å². The summed E-state index contributed by atoms with van der Waals surface area (Å²) < 4.78 is 26.9. The van der Waals surface area contributed by atoms with Crippen LogP contribution >= 0.6 is 22.9 Å². The van der Waals surface area contributed by atoms with Gasteiger partial charge in [-0.3, -0.25) is 0 Å². The Bertz CT molecular complexity index is 698. The molecule has 0 aliphatic rings. The third-order valence-electron chi connectivity index (χ3n) is 2.77. The summed E-state index contributed by atoms with van der Waals surface area (Å²) in [5, 5.41) is 1.14. The van der Waals surface area contributed by atoms with Gasteiger partial charge in [0.05, 0.1) is 10.0 Å². The third-order valence-corrected chi connectivity index (χ3v) is 5.83. The molecule has 2 aromatic rings. The normalized spacial score (nSPS) is 13.3. The molecule has 0 unspecified atom stereocenters. The number of nitrogens with one attached hydrogen (secondary N) is 1. The van der Waals surface area contributed by atoms with E-state index in [2.05, 4.69) is 9.71 Å². The monoisotopic (exact) mass is 330 g/mol. The molecule has 0 aliphatic heterocycles. The zero-order valence-corrected chi connectivity index (χ0v) is 13.5. The first-order valence-corrected chi connectivity index (χ1v) is 8.74. The highest BCUT2D eigenvalue weighted by molar-refractivity contribution is 7.89. The minimum absolute atomic E-state index is 0.0194. The van der Waals surface area contributed by atoms with Gasteiger partial charge in [-0.1, -0.05) is 30.7 Å². The molecule has 0 spiro atoms. The molecule has 1 N–H and O–H groups in total. The lowest BCUT2D eigenvalue weighted by Gasteiger charge is -2.11. The second-order valence-electron chi connectivity index (χ2n) is 4.49. The van der Waals surface area contributed by atoms with E-state index in [4.69, 9.17) is 11.6 Å². The summed E-state index contributed by atoms with van der Waals surface area (Å²) in [6, 6.07) is 6.39. The first-order valence-electron chi connectivity index (χ1n) is 6.06. The Morgan fingerprint density at radius 1 is 1.40 bits per heavy atom. The molecule has 2 rings (SSSR count). The Morgan fingerprint density at radius 2 is 2.10 bits per heavy atom. The molecule has 0 bridgehead atoms. The van der Waals surface area contributed by atoms with Crippen LogP contribution in [0.4, 0.5) is 0 Å². The van der Waals surface area contributed by atoms with Crippen LogP contribution in [0.2, 0.25) is 5.02 Å². The molecule has 1 heterocycles. The van der Waals surface area contributed by atoms with Crippen LogP contribution in [0.5, 0.6) is 0 Å². The van der Waals surface area contributed by atoms with Gasteiger partial charge >= 0.3 is 0 Å². The maximum atomic E-state index is 12.2. The van der Waals surface area contributed by atoms with E-state index in [1.165, 1.54) is 6.07 Å². The third kappa shape index (κ3) is 3.58. The molecule has 1 atom stereocenters. The molecule has 7 heteroatoms. The topological polar surface area (TPSA) is 59.1 Å². The highest BCUT2D eigenvalue weighted by Crippen LogP contribution is 2.23. The van der Waals surface area contributed by atoms with E-state index in [0.29, 0.717) is 6.54 Å². The van der Waals surface area contributed by atoms with Gasteiger partial charge in [0.1, 0.15) is 4.90 Å². The van der Waals surface area contributed by atoms with Crippen molar-refractivity contribution in [3.8, 4) is 0 Å². The second-order valence-corrected chi connectivity index (χ2v) is 7.90. The van der Waals surface area contributed by atoms with Crippen molar-refractivity contribution in [2.45, 2.75) is 24.7 Å². The van der Waals surface area contributed by atoms with Crippen molar-refractivity contribution in [2.24, 2.45) is 0 Å². The Hall–Kier alpha value is -0.950. The van der Waals surface area contributed by atoms with Gasteiger partial charge in [0.2, 0.25) is 10.0 Å². The maximum absolute atomic E-state index is 12.2. The van der Waals surface area contributed by atoms with Crippen LogP contribution in [0.1, 0.15) is 22.7 Å². The molecular formula is C13H15ClN2O2S2. The van der Waals surface area contributed by atoms with E-state index in [-0.39, 0.29) is 15.8 Å². The van der Waals surface area contributed by atoms with Gasteiger partial charge in [-0.25, -0.2) is 18.1 Å². The minimum atomic E-state index is -3.59. The number of rotatable bonds is 5. The van der Waals surface area contributed by atoms with Gasteiger partial charge in [-0.05, 0) is 19.1 Å². The molecule has 0 aliphatic carbocycles. The van der Waals surface area contributed by atoms with E-state index >= 15 is 0 Å². The molecule has 0 saturated heterocycles. The van der Waals surface area contributed by atoms with Gasteiger partial charge in [-0.2, -0.15) is 0 Å². The first kappa shape index (κ1) is 15.4. The van der Waals surface area contributed by atoms with Crippen LogP contribution in [0.25, 0.3) is 0 Å². The van der Waals surface area contributed by atoms with Gasteiger partial charge in [0.25, 0.3) is 0 Å². The van der Waals surface area contributed by atoms with Crippen molar-refractivity contribution in [3.05, 3.63) is 45.4 Å². The average Bonchev–Trinajstić information content (AvgIpc) is 2.83. The van der Waals surface area contributed by atoms with Gasteiger partial charge in [-0.15, -0.1) is 11.3 Å². The summed E-state index contributed by atoms with van der Waals surface area (Å²) >= 11 is 7.49. The summed E-state index contributed by atoms with van der Waals surface area (Å²) in [6.07, 6.45) is 1.79. The minimum Gasteiger partial charge on any atom is -0.249 e. The Balaban J connectivity index is 2.08. The van der Waals surface area contributed by atoms with E-state index in [0.717, 1.165) is 9.88 Å². The van der Waals surface area contributed by atoms with Crippen LogP contribution in [0.3, 0.4) is 0 Å². The summed E-state index contributed by atoms with van der Waals surface area (Å²) in [6.45, 7) is 4.20. The summed E-state index contributed by atoms with van der Waals surface area (Å²) in [5.74, 6) is 0.0194. The van der Waals surface area contributed by atoms with Gasteiger partial charge < -0.3 is 0 Å². The van der Waals surface area contributed by atoms with Gasteiger partial charge in [0, 0.05) is 23.5 Å². The molecule has 1 aromatic heterocycles. The highest BCUT2D eigenvalue weighted by Gasteiger charge is 2.19. The van der Waals surface area contributed by atoms with Crippen LogP contribution in [-0.4, -0.2) is 19.9 Å². The zero-order valence-electron chi connectivity index (χ0n) is 11.1. The largest absolute Gasteiger partial charge is 0.249 e. The Labute approximate surface area is 127 Å². The number of aromatic nitrogens is 1. The lowest BCUT2D eigenvalue weighted by molar-refractivity contribution is 0.574. The van der Waals surface area contributed by atoms with Crippen molar-refractivity contribution in [1.29, 1.82) is 0 Å². The summed E-state index contributed by atoms with van der Waals surface area (Å²) in [7, 11) is -3.59. The fourth-order valence-corrected chi connectivity index (χ4v) is 4.14. The standard InChI is InChI=1S/C13H15ClN2O2S2/c1-9(13-15-8-10(2)19-13)7-16-20(17,18)12-6-4-3-5-11(12)14/h3-6,8-9,16H,7H2,1-2H3/t9-/m1/s1. The number of hydrogen-bond acceptors (Lipinski definition) is 4. The number of sulfonamides is 1. The lowest BCUT2D eigenvalue weighted by atomic mass is 10.2. The van der Waals surface area contributed by atoms with Crippen molar-refractivity contribution in [1.82, 2.24) is 9.71 Å². The number of halogens is 1. The predicted molar refractivity (Wildman–Crippen MR) is 81.9 cm³/mol. The number of hydrogen-bond donors (Lipinski definition) is 1. The number of aryl methyl sites for hydroxylation is 1. The van der Waals surface area contributed by atoms with E-state index < -0.39 is 10.0 Å².